The van der Waals surface area contributed by atoms with Crippen LogP contribution in [0.1, 0.15) is 15.9 Å². The normalized spacial score (nSPS) is 12.5. The van der Waals surface area contributed by atoms with Crippen molar-refractivity contribution in [3.63, 3.8) is 0 Å². The SMILES string of the molecule is COc1c(C(=O)Nc2c(Cl)cc(C(F)(C(F)(F)F)C(F)(F)F)cc2OC(F)F)cccc1N(O)O. The first-order valence-corrected chi connectivity index (χ1v) is 9.10. The second-order valence-electron chi connectivity index (χ2n) is 6.47. The number of halogens is 10. The second kappa shape index (κ2) is 9.87. The number of rotatable bonds is 7. The lowest BCUT2D eigenvalue weighted by Gasteiger charge is -2.31. The average molecular weight is 543 g/mol. The van der Waals surface area contributed by atoms with Crippen molar-refractivity contribution >= 4 is 28.9 Å². The molecule has 0 saturated heterocycles. The van der Waals surface area contributed by atoms with E-state index < -0.39 is 74.8 Å². The van der Waals surface area contributed by atoms with E-state index in [1.807, 2.05) is 5.32 Å². The molecule has 0 saturated carbocycles. The zero-order valence-corrected chi connectivity index (χ0v) is 17.6. The molecule has 2 rings (SSSR count). The van der Waals surface area contributed by atoms with Crippen molar-refractivity contribution in [1.82, 2.24) is 0 Å². The first-order chi connectivity index (χ1) is 16.0. The van der Waals surface area contributed by atoms with Crippen LogP contribution < -0.4 is 20.0 Å². The van der Waals surface area contributed by atoms with Crippen LogP contribution in [0.25, 0.3) is 0 Å². The summed E-state index contributed by atoms with van der Waals surface area (Å²) in [7, 11) is 0.987. The van der Waals surface area contributed by atoms with Crippen LogP contribution in [-0.2, 0) is 5.67 Å². The Morgan fingerprint density at radius 3 is 2.09 bits per heavy atom. The number of hydrogen-bond donors (Lipinski definition) is 3. The van der Waals surface area contributed by atoms with Crippen LogP contribution in [-0.4, -0.2) is 42.4 Å². The maximum absolute atomic E-state index is 14.4. The van der Waals surface area contributed by atoms with Gasteiger partial charge in [0.2, 0.25) is 0 Å². The van der Waals surface area contributed by atoms with E-state index in [1.54, 1.807) is 0 Å². The molecule has 2 aromatic carbocycles. The molecule has 3 N–H and O–H groups in total. The predicted molar refractivity (Wildman–Crippen MR) is 100.0 cm³/mol. The minimum atomic E-state index is -6.59. The fourth-order valence-corrected chi connectivity index (χ4v) is 3.09. The summed E-state index contributed by atoms with van der Waals surface area (Å²) in [5.74, 6) is -3.36. The number of nitrogens with zero attached hydrogens (tertiary/aromatic N) is 1. The Morgan fingerprint density at radius 1 is 1.06 bits per heavy atom. The number of carbonyl (C=O) groups excluding carboxylic acids is 1. The van der Waals surface area contributed by atoms with Crippen molar-refractivity contribution in [3.05, 3.63) is 46.5 Å². The van der Waals surface area contributed by atoms with Crippen molar-refractivity contribution in [2.45, 2.75) is 24.6 Å². The largest absolute Gasteiger partial charge is 0.494 e. The average Bonchev–Trinajstić information content (AvgIpc) is 2.72. The van der Waals surface area contributed by atoms with Gasteiger partial charge in [-0.25, -0.2) is 4.39 Å². The molecule has 0 aliphatic heterocycles. The van der Waals surface area contributed by atoms with Gasteiger partial charge >= 0.3 is 24.6 Å². The van der Waals surface area contributed by atoms with Crippen molar-refractivity contribution < 1.29 is 64.2 Å². The Morgan fingerprint density at radius 2 is 1.63 bits per heavy atom. The number of amides is 1. The Bertz CT molecular complexity index is 1080. The van der Waals surface area contributed by atoms with E-state index in [2.05, 4.69) is 4.74 Å². The summed E-state index contributed by atoms with van der Waals surface area (Å²) in [6.07, 6.45) is -13.2. The molecule has 0 radical (unpaired) electrons. The van der Waals surface area contributed by atoms with E-state index in [9.17, 15) is 54.7 Å². The predicted octanol–water partition coefficient (Wildman–Crippen LogP) is 6.08. The summed E-state index contributed by atoms with van der Waals surface area (Å²) in [5, 5.41) is 18.5. The lowest BCUT2D eigenvalue weighted by atomic mass is 9.93. The van der Waals surface area contributed by atoms with E-state index in [1.165, 1.54) is 0 Å². The van der Waals surface area contributed by atoms with Crippen LogP contribution >= 0.6 is 11.6 Å². The van der Waals surface area contributed by atoms with Crippen LogP contribution in [0.2, 0.25) is 5.02 Å². The summed E-state index contributed by atoms with van der Waals surface area (Å²) in [4.78, 5) is 12.7. The van der Waals surface area contributed by atoms with Gasteiger partial charge in [0.05, 0.1) is 17.7 Å². The monoisotopic (exact) mass is 542 g/mol. The van der Waals surface area contributed by atoms with Gasteiger partial charge in [0, 0.05) is 5.56 Å². The standard InChI is InChI=1S/C18H12ClF9N2O5/c1-34-13-8(3-2-4-10(13)30(32)33)14(31)29-12-9(19)5-7(6-11(12)35-15(20)21)16(22,17(23,24)25)18(26,27)28/h2-6,15,32-33H,1H3,(H,29,31). The zero-order valence-electron chi connectivity index (χ0n) is 16.8. The molecule has 1 amide bonds. The van der Waals surface area contributed by atoms with Crippen molar-refractivity contribution in [2.75, 3.05) is 17.7 Å². The van der Waals surface area contributed by atoms with E-state index in [0.29, 0.717) is 0 Å². The lowest BCUT2D eigenvalue weighted by molar-refractivity contribution is -0.348. The fraction of sp³-hybridized carbons (Fsp3) is 0.278. The van der Waals surface area contributed by atoms with Gasteiger partial charge in [0.25, 0.3) is 5.91 Å². The molecule has 0 bridgehead atoms. The second-order valence-corrected chi connectivity index (χ2v) is 6.87. The highest BCUT2D eigenvalue weighted by molar-refractivity contribution is 6.34. The van der Waals surface area contributed by atoms with Crippen molar-refractivity contribution in [3.8, 4) is 11.5 Å². The third-order valence-corrected chi connectivity index (χ3v) is 4.64. The van der Waals surface area contributed by atoms with Crippen LogP contribution in [0.4, 0.5) is 50.9 Å². The third kappa shape index (κ3) is 5.43. The zero-order chi connectivity index (χ0) is 26.9. The Hall–Kier alpha value is -3.11. The Kier molecular flexibility index (Phi) is 7.93. The van der Waals surface area contributed by atoms with Gasteiger partial charge < -0.3 is 14.8 Å². The summed E-state index contributed by atoms with van der Waals surface area (Å²) in [5.41, 5.74) is -10.3. The number of carbonyl (C=O) groups is 1. The van der Waals surface area contributed by atoms with E-state index in [-0.39, 0.29) is 12.1 Å². The molecule has 0 spiro atoms. The first kappa shape index (κ1) is 28.1. The maximum atomic E-state index is 14.4. The molecule has 2 aromatic rings. The molecule has 0 aromatic heterocycles. The third-order valence-electron chi connectivity index (χ3n) is 4.35. The Labute approximate surface area is 194 Å². The van der Waals surface area contributed by atoms with E-state index >= 15 is 0 Å². The van der Waals surface area contributed by atoms with Crippen LogP contribution in [0, 0.1) is 0 Å². The molecular formula is C18H12ClF9N2O5. The minimum absolute atomic E-state index is 0.173. The highest BCUT2D eigenvalue weighted by atomic mass is 35.5. The number of anilines is 2. The molecule has 0 aliphatic carbocycles. The van der Waals surface area contributed by atoms with Crippen LogP contribution in [0.15, 0.2) is 30.3 Å². The number of hydrogen-bond acceptors (Lipinski definition) is 6. The summed E-state index contributed by atoms with van der Waals surface area (Å²) in [6.45, 7) is -3.85. The summed E-state index contributed by atoms with van der Waals surface area (Å²) < 4.78 is 127. The quantitative estimate of drug-likeness (QED) is 0.290. The molecular weight excluding hydrogens is 531 g/mol. The topological polar surface area (TPSA) is 91.3 Å². The Balaban J connectivity index is 2.67. The number of benzene rings is 2. The number of nitrogens with one attached hydrogen (secondary N) is 1. The molecule has 17 heteroatoms. The van der Waals surface area contributed by atoms with Crippen molar-refractivity contribution in [1.29, 1.82) is 0 Å². The van der Waals surface area contributed by atoms with Gasteiger partial charge in [0.15, 0.2) is 11.5 Å². The number of para-hydroxylation sites is 1. The van der Waals surface area contributed by atoms with Gasteiger partial charge in [-0.15, -0.1) is 5.23 Å². The molecule has 194 valence electrons. The smallest absolute Gasteiger partial charge is 0.435 e. The molecule has 0 unspecified atom stereocenters. The van der Waals surface area contributed by atoms with Crippen LogP contribution in [0.5, 0.6) is 11.5 Å². The molecule has 7 nitrogen and oxygen atoms in total. The van der Waals surface area contributed by atoms with E-state index in [0.717, 1.165) is 25.3 Å². The molecule has 35 heavy (non-hydrogen) atoms. The molecule has 0 aliphatic rings. The summed E-state index contributed by atoms with van der Waals surface area (Å²) >= 11 is 5.65. The molecule has 0 heterocycles. The number of ether oxygens (including phenoxy) is 2. The summed E-state index contributed by atoms with van der Waals surface area (Å²) in [6, 6.07) is 2.64. The molecule has 0 atom stereocenters. The van der Waals surface area contributed by atoms with Gasteiger partial charge in [-0.05, 0) is 24.3 Å². The highest BCUT2D eigenvalue weighted by Gasteiger charge is 2.73. The maximum Gasteiger partial charge on any atom is 0.435 e. The van der Waals surface area contributed by atoms with Crippen LogP contribution in [0.3, 0.4) is 0 Å². The first-order valence-electron chi connectivity index (χ1n) is 8.73. The van der Waals surface area contributed by atoms with Gasteiger partial charge in [0.1, 0.15) is 11.4 Å². The minimum Gasteiger partial charge on any atom is -0.494 e. The van der Waals surface area contributed by atoms with E-state index in [4.69, 9.17) is 16.3 Å². The van der Waals surface area contributed by atoms with Gasteiger partial charge in [-0.1, -0.05) is 17.7 Å². The number of alkyl halides is 9. The fourth-order valence-electron chi connectivity index (χ4n) is 2.84. The lowest BCUT2D eigenvalue weighted by Crippen LogP contribution is -2.50. The van der Waals surface area contributed by atoms with Crippen molar-refractivity contribution in [2.24, 2.45) is 0 Å². The number of methoxy groups -OCH3 is 1. The highest BCUT2D eigenvalue weighted by Crippen LogP contribution is 2.55. The van der Waals surface area contributed by atoms with Gasteiger partial charge in [-0.2, -0.15) is 35.1 Å². The van der Waals surface area contributed by atoms with Gasteiger partial charge in [-0.3, -0.25) is 15.2 Å². The molecule has 0 fully saturated rings.